The Kier molecular flexibility index (Phi) is 6.13. The van der Waals surface area contributed by atoms with Gasteiger partial charge >= 0.3 is 0 Å². The molecule has 0 spiro atoms. The Morgan fingerprint density at radius 1 is 1.22 bits per heavy atom. The van der Waals surface area contributed by atoms with Crippen LogP contribution in [0, 0.1) is 13.8 Å². The number of para-hydroxylation sites is 1. The average molecular weight is 402 g/mol. The van der Waals surface area contributed by atoms with Crippen molar-refractivity contribution in [1.82, 2.24) is 25.5 Å². The largest absolute Gasteiger partial charge is 0.349 e. The topological polar surface area (TPSA) is 72.7 Å². The van der Waals surface area contributed by atoms with Gasteiger partial charge in [0.1, 0.15) is 0 Å². The summed E-state index contributed by atoms with van der Waals surface area (Å²) in [5.41, 5.74) is 4.05. The third kappa shape index (κ3) is 4.67. The number of amides is 1. The smallest absolute Gasteiger partial charge is 0.230 e. The number of aromatic nitrogens is 4. The van der Waals surface area contributed by atoms with E-state index in [-0.39, 0.29) is 17.7 Å². The van der Waals surface area contributed by atoms with Crippen LogP contribution in [0.5, 0.6) is 0 Å². The maximum atomic E-state index is 12.3. The number of tetrazole rings is 1. The quantitative estimate of drug-likeness (QED) is 0.634. The molecule has 0 radical (unpaired) electrons. The van der Waals surface area contributed by atoms with Crippen LogP contribution in [0.4, 0.5) is 0 Å². The summed E-state index contributed by atoms with van der Waals surface area (Å²) in [6.07, 6.45) is 0. The minimum atomic E-state index is -0.133. The zero-order valence-electron chi connectivity index (χ0n) is 15.3. The van der Waals surface area contributed by atoms with Gasteiger partial charge in [-0.25, -0.2) is 0 Å². The molecule has 2 aromatic carbocycles. The Bertz CT molecular complexity index is 939. The molecule has 0 aliphatic carbocycles. The minimum Gasteiger partial charge on any atom is -0.349 e. The normalized spacial score (nSPS) is 12.0. The molecule has 0 saturated heterocycles. The Morgan fingerprint density at radius 3 is 2.63 bits per heavy atom. The lowest BCUT2D eigenvalue weighted by molar-refractivity contribution is -0.119. The van der Waals surface area contributed by atoms with Crippen LogP contribution in [-0.2, 0) is 4.79 Å². The van der Waals surface area contributed by atoms with E-state index in [2.05, 4.69) is 20.8 Å². The number of rotatable bonds is 6. The van der Waals surface area contributed by atoms with Crippen molar-refractivity contribution in [3.63, 3.8) is 0 Å². The molecule has 27 heavy (non-hydrogen) atoms. The molecule has 1 N–H and O–H groups in total. The van der Waals surface area contributed by atoms with Gasteiger partial charge in [-0.3, -0.25) is 4.79 Å². The van der Waals surface area contributed by atoms with Gasteiger partial charge in [-0.2, -0.15) is 4.68 Å². The first kappa shape index (κ1) is 19.4. The van der Waals surface area contributed by atoms with Gasteiger partial charge in [0.25, 0.3) is 0 Å². The van der Waals surface area contributed by atoms with Gasteiger partial charge in [0.2, 0.25) is 11.1 Å². The summed E-state index contributed by atoms with van der Waals surface area (Å²) < 4.78 is 1.68. The number of carbonyl (C=O) groups is 1. The molecule has 0 fully saturated rings. The number of hydrogen-bond acceptors (Lipinski definition) is 5. The number of carbonyl (C=O) groups excluding carboxylic acids is 1. The summed E-state index contributed by atoms with van der Waals surface area (Å²) in [5.74, 6) is 0.125. The summed E-state index contributed by atoms with van der Waals surface area (Å²) >= 11 is 7.32. The van der Waals surface area contributed by atoms with E-state index >= 15 is 0 Å². The average Bonchev–Trinajstić information content (AvgIpc) is 3.08. The Morgan fingerprint density at radius 2 is 1.93 bits per heavy atom. The summed E-state index contributed by atoms with van der Waals surface area (Å²) in [4.78, 5) is 12.3. The van der Waals surface area contributed by atoms with Gasteiger partial charge in [0, 0.05) is 5.02 Å². The molecule has 1 amide bonds. The predicted molar refractivity (Wildman–Crippen MR) is 107 cm³/mol. The first-order chi connectivity index (χ1) is 13.0. The third-order valence-electron chi connectivity index (χ3n) is 4.15. The van der Waals surface area contributed by atoms with Gasteiger partial charge in [-0.1, -0.05) is 53.7 Å². The van der Waals surface area contributed by atoms with E-state index in [1.54, 1.807) is 4.68 Å². The van der Waals surface area contributed by atoms with E-state index < -0.39 is 0 Å². The predicted octanol–water partition coefficient (Wildman–Crippen LogP) is 3.90. The standard InChI is InChI=1S/C19H20ClN5OS/c1-12-6-4-7-13(2)18(12)25-19(22-23-24-25)27-11-17(26)21-14(3)15-8-5-9-16(20)10-15/h4-10,14H,11H2,1-3H3,(H,21,26)/t14-/m0/s1. The highest BCUT2D eigenvalue weighted by Gasteiger charge is 2.16. The van der Waals surface area contributed by atoms with Crippen LogP contribution in [0.25, 0.3) is 5.69 Å². The number of benzene rings is 2. The fourth-order valence-corrected chi connectivity index (χ4v) is 3.71. The fraction of sp³-hybridized carbons (Fsp3) is 0.263. The molecule has 1 heterocycles. The SMILES string of the molecule is Cc1cccc(C)c1-n1nnnc1SCC(=O)N[C@@H](C)c1cccc(Cl)c1. The van der Waals surface area contributed by atoms with E-state index in [4.69, 9.17) is 11.6 Å². The number of aryl methyl sites for hydroxylation is 2. The van der Waals surface area contributed by atoms with Gasteiger partial charge in [0.05, 0.1) is 17.5 Å². The second-order valence-corrected chi connectivity index (χ2v) is 7.63. The zero-order valence-corrected chi connectivity index (χ0v) is 16.9. The molecule has 0 unspecified atom stereocenters. The Hall–Kier alpha value is -2.38. The number of nitrogens with zero attached hydrogens (tertiary/aromatic N) is 4. The first-order valence-corrected chi connectivity index (χ1v) is 9.84. The molecule has 0 saturated carbocycles. The lowest BCUT2D eigenvalue weighted by Gasteiger charge is -2.14. The van der Waals surface area contributed by atoms with Crippen molar-refractivity contribution in [3.05, 3.63) is 64.2 Å². The van der Waals surface area contributed by atoms with Crippen LogP contribution in [0.2, 0.25) is 5.02 Å². The van der Waals surface area contributed by atoms with E-state index in [0.29, 0.717) is 10.2 Å². The van der Waals surface area contributed by atoms with Crippen molar-refractivity contribution in [2.24, 2.45) is 0 Å². The van der Waals surface area contributed by atoms with Gasteiger partial charge < -0.3 is 5.32 Å². The summed E-state index contributed by atoms with van der Waals surface area (Å²) in [6.45, 7) is 5.95. The van der Waals surface area contributed by atoms with E-state index in [1.807, 2.05) is 63.2 Å². The van der Waals surface area contributed by atoms with Gasteiger partial charge in [0.15, 0.2) is 0 Å². The summed E-state index contributed by atoms with van der Waals surface area (Å²) in [5, 5.41) is 16.1. The molecule has 6 nitrogen and oxygen atoms in total. The van der Waals surface area contributed by atoms with Crippen LogP contribution < -0.4 is 5.32 Å². The van der Waals surface area contributed by atoms with Crippen molar-refractivity contribution < 1.29 is 4.79 Å². The number of halogens is 1. The highest BCUT2D eigenvalue weighted by Crippen LogP contribution is 2.23. The van der Waals surface area contributed by atoms with E-state index in [1.165, 1.54) is 11.8 Å². The zero-order chi connectivity index (χ0) is 19.4. The van der Waals surface area contributed by atoms with Gasteiger partial charge in [-0.15, -0.1) is 5.10 Å². The Labute approximate surface area is 167 Å². The van der Waals surface area contributed by atoms with E-state index in [9.17, 15) is 4.79 Å². The maximum absolute atomic E-state index is 12.3. The molecule has 8 heteroatoms. The second kappa shape index (κ2) is 8.54. The molecular formula is C19H20ClN5OS. The van der Waals surface area contributed by atoms with Crippen LogP contribution in [0.3, 0.4) is 0 Å². The van der Waals surface area contributed by atoms with E-state index in [0.717, 1.165) is 22.4 Å². The van der Waals surface area contributed by atoms with Crippen LogP contribution in [-0.4, -0.2) is 31.9 Å². The third-order valence-corrected chi connectivity index (χ3v) is 5.31. The van der Waals surface area contributed by atoms with Crippen LogP contribution >= 0.6 is 23.4 Å². The molecular weight excluding hydrogens is 382 g/mol. The van der Waals surface area contributed by atoms with Gasteiger partial charge in [-0.05, 0) is 60.0 Å². The van der Waals surface area contributed by atoms with Crippen molar-refractivity contribution in [3.8, 4) is 5.69 Å². The number of hydrogen-bond donors (Lipinski definition) is 1. The molecule has 3 aromatic rings. The number of thioether (sulfide) groups is 1. The molecule has 140 valence electrons. The lowest BCUT2D eigenvalue weighted by atomic mass is 10.1. The van der Waals surface area contributed by atoms with Crippen molar-refractivity contribution in [2.45, 2.75) is 32.0 Å². The van der Waals surface area contributed by atoms with Crippen molar-refractivity contribution in [2.75, 3.05) is 5.75 Å². The second-order valence-electron chi connectivity index (χ2n) is 6.25. The minimum absolute atomic E-state index is 0.0940. The number of nitrogens with one attached hydrogen (secondary N) is 1. The Balaban J connectivity index is 1.66. The molecule has 0 bridgehead atoms. The molecule has 1 atom stereocenters. The molecule has 1 aromatic heterocycles. The molecule has 0 aliphatic heterocycles. The highest BCUT2D eigenvalue weighted by molar-refractivity contribution is 7.99. The van der Waals surface area contributed by atoms with Crippen LogP contribution in [0.15, 0.2) is 47.6 Å². The van der Waals surface area contributed by atoms with Crippen LogP contribution in [0.1, 0.15) is 29.7 Å². The first-order valence-electron chi connectivity index (χ1n) is 8.48. The van der Waals surface area contributed by atoms with Crippen molar-refractivity contribution in [1.29, 1.82) is 0 Å². The highest BCUT2D eigenvalue weighted by atomic mass is 35.5. The lowest BCUT2D eigenvalue weighted by Crippen LogP contribution is -2.28. The molecule has 0 aliphatic rings. The fourth-order valence-electron chi connectivity index (χ4n) is 2.82. The summed E-state index contributed by atoms with van der Waals surface area (Å²) in [7, 11) is 0. The maximum Gasteiger partial charge on any atom is 0.230 e. The monoisotopic (exact) mass is 401 g/mol. The summed E-state index contributed by atoms with van der Waals surface area (Å²) in [6, 6.07) is 13.3. The molecule has 3 rings (SSSR count). The van der Waals surface area contributed by atoms with Crippen molar-refractivity contribution >= 4 is 29.3 Å².